The van der Waals surface area contributed by atoms with Gasteiger partial charge in [-0.3, -0.25) is 0 Å². The molecule has 5 rings (SSSR count). The van der Waals surface area contributed by atoms with Gasteiger partial charge in [0.05, 0.1) is 11.6 Å². The Bertz CT molecular complexity index is 1220. The molecule has 4 atom stereocenters. The molecule has 0 radical (unpaired) electrons. The summed E-state index contributed by atoms with van der Waals surface area (Å²) in [5.41, 5.74) is 6.18. The van der Waals surface area contributed by atoms with E-state index >= 15 is 0 Å². The minimum absolute atomic E-state index is 0.000514. The average Bonchev–Trinajstić information content (AvgIpc) is 3.43. The van der Waals surface area contributed by atoms with Crippen LogP contribution in [0.3, 0.4) is 0 Å². The molecule has 1 aliphatic carbocycles. The summed E-state index contributed by atoms with van der Waals surface area (Å²) in [7, 11) is 0. The lowest BCUT2D eigenvalue weighted by molar-refractivity contribution is -0.137. The molecule has 2 bridgehead atoms. The van der Waals surface area contributed by atoms with Crippen LogP contribution in [-0.4, -0.2) is 37.5 Å². The zero-order chi connectivity index (χ0) is 25.1. The van der Waals surface area contributed by atoms with E-state index in [4.69, 9.17) is 15.0 Å². The van der Waals surface area contributed by atoms with Gasteiger partial charge in [0, 0.05) is 18.5 Å². The van der Waals surface area contributed by atoms with Crippen molar-refractivity contribution in [2.24, 2.45) is 17.6 Å². The molecule has 2 aliphatic rings. The molecule has 0 spiro atoms. The third-order valence-electron chi connectivity index (χ3n) is 6.80. The molecule has 1 saturated heterocycles. The Hall–Kier alpha value is -3.15. The number of aromatic nitrogens is 5. The Morgan fingerprint density at radius 2 is 1.91 bits per heavy atom. The summed E-state index contributed by atoms with van der Waals surface area (Å²) < 4.78 is 53.0. The third-order valence-corrected chi connectivity index (χ3v) is 6.80. The number of hydrogen-bond donors (Lipinski definition) is 1. The first-order chi connectivity index (χ1) is 16.5. The molecule has 2 fully saturated rings. The summed E-state index contributed by atoms with van der Waals surface area (Å²) in [4.78, 5) is 11.1. The monoisotopic (exact) mass is 491 g/mol. The number of hydrogen-bond acceptors (Lipinski definition) is 8. The fraction of sp³-hybridized carbons (Fsp3) is 0.565. The quantitative estimate of drug-likeness (QED) is 0.552. The van der Waals surface area contributed by atoms with Gasteiger partial charge in [-0.05, 0) is 70.2 Å². The molecule has 188 valence electrons. The van der Waals surface area contributed by atoms with Crippen molar-refractivity contribution < 1.29 is 22.4 Å². The lowest BCUT2D eigenvalue weighted by Crippen LogP contribution is -2.51. The van der Waals surface area contributed by atoms with Crippen LogP contribution >= 0.6 is 0 Å². The standard InChI is InChI=1S/C23H28F3N7O2/c1-11(2)33-22(34-16-8-12(3)7-15(9-16)23(24,25)26)29-21(30-33)32-10-14-5-6-17(18(14)27)19(32)20-28-13(4)31-35-20/h7-9,11,14,17-19H,5-6,10,27H2,1-4H3. The molecule has 2 N–H and O–H groups in total. The maximum atomic E-state index is 13.3. The van der Waals surface area contributed by atoms with Crippen LogP contribution in [0.15, 0.2) is 22.7 Å². The first-order valence-corrected chi connectivity index (χ1v) is 11.7. The molecule has 9 nitrogen and oxygen atoms in total. The number of nitrogens with two attached hydrogens (primary N) is 1. The summed E-state index contributed by atoms with van der Waals surface area (Å²) in [5.74, 6) is 1.78. The fourth-order valence-electron chi connectivity index (χ4n) is 5.18. The van der Waals surface area contributed by atoms with Gasteiger partial charge in [0.25, 0.3) is 0 Å². The molecule has 1 saturated carbocycles. The van der Waals surface area contributed by atoms with Crippen molar-refractivity contribution >= 4 is 5.95 Å². The van der Waals surface area contributed by atoms with Gasteiger partial charge in [-0.25, -0.2) is 4.68 Å². The summed E-state index contributed by atoms with van der Waals surface area (Å²) >= 11 is 0. The van der Waals surface area contributed by atoms with E-state index in [1.54, 1.807) is 24.6 Å². The number of rotatable bonds is 5. The lowest BCUT2D eigenvalue weighted by atomic mass is 9.86. The molecule has 4 unspecified atom stereocenters. The van der Waals surface area contributed by atoms with Gasteiger partial charge in [0.1, 0.15) is 11.8 Å². The minimum atomic E-state index is -4.48. The zero-order valence-electron chi connectivity index (χ0n) is 20.0. The smallest absolute Gasteiger partial charge is 0.416 e. The summed E-state index contributed by atoms with van der Waals surface area (Å²) in [5, 5.41) is 8.64. The molecule has 12 heteroatoms. The Morgan fingerprint density at radius 1 is 1.14 bits per heavy atom. The predicted octanol–water partition coefficient (Wildman–Crippen LogP) is 4.58. The SMILES string of the molecule is Cc1cc(Oc2nc(N3CC4CCC(C4N)C3c3nc(C)no3)nn2C(C)C)cc(C(F)(F)F)c1. The third kappa shape index (κ3) is 4.35. The van der Waals surface area contributed by atoms with E-state index in [0.29, 0.717) is 29.8 Å². The van der Waals surface area contributed by atoms with Crippen molar-refractivity contribution in [1.29, 1.82) is 0 Å². The van der Waals surface area contributed by atoms with E-state index in [1.165, 1.54) is 0 Å². The molecule has 35 heavy (non-hydrogen) atoms. The van der Waals surface area contributed by atoms with E-state index in [1.807, 2.05) is 18.7 Å². The Morgan fingerprint density at radius 3 is 2.57 bits per heavy atom. The maximum Gasteiger partial charge on any atom is 0.416 e. The highest BCUT2D eigenvalue weighted by Gasteiger charge is 2.50. The van der Waals surface area contributed by atoms with Gasteiger partial charge in [-0.1, -0.05) is 5.16 Å². The van der Waals surface area contributed by atoms with Gasteiger partial charge in [-0.15, -0.1) is 5.10 Å². The Kier molecular flexibility index (Phi) is 5.73. The number of benzene rings is 1. The predicted molar refractivity (Wildman–Crippen MR) is 120 cm³/mol. The van der Waals surface area contributed by atoms with Gasteiger partial charge < -0.3 is 19.9 Å². The van der Waals surface area contributed by atoms with Crippen molar-refractivity contribution in [3.63, 3.8) is 0 Å². The van der Waals surface area contributed by atoms with Gasteiger partial charge in [-0.2, -0.15) is 23.1 Å². The van der Waals surface area contributed by atoms with Crippen LogP contribution in [0.4, 0.5) is 19.1 Å². The van der Waals surface area contributed by atoms with Crippen LogP contribution < -0.4 is 15.4 Å². The second-order valence-corrected chi connectivity index (χ2v) is 9.72. The first-order valence-electron chi connectivity index (χ1n) is 11.7. The molecular weight excluding hydrogens is 463 g/mol. The summed E-state index contributed by atoms with van der Waals surface area (Å²) in [6, 6.07) is 3.25. The lowest BCUT2D eigenvalue weighted by Gasteiger charge is -2.41. The summed E-state index contributed by atoms with van der Waals surface area (Å²) in [6.45, 7) is 7.75. The van der Waals surface area contributed by atoms with Gasteiger partial charge >= 0.3 is 12.2 Å². The van der Waals surface area contributed by atoms with Crippen LogP contribution in [0.25, 0.3) is 0 Å². The van der Waals surface area contributed by atoms with E-state index in [2.05, 4.69) is 20.2 Å². The Balaban J connectivity index is 1.53. The molecule has 1 aliphatic heterocycles. The van der Waals surface area contributed by atoms with Crippen molar-refractivity contribution in [1.82, 2.24) is 24.9 Å². The Labute approximate surface area is 200 Å². The molecule has 3 heterocycles. The second kappa shape index (κ2) is 8.51. The number of ether oxygens (including phenoxy) is 1. The topological polar surface area (TPSA) is 108 Å². The molecule has 2 aromatic heterocycles. The largest absolute Gasteiger partial charge is 0.424 e. The van der Waals surface area contributed by atoms with E-state index in [0.717, 1.165) is 25.0 Å². The van der Waals surface area contributed by atoms with Crippen molar-refractivity contribution in [3.8, 4) is 11.8 Å². The number of nitrogens with zero attached hydrogens (tertiary/aromatic N) is 6. The average molecular weight is 492 g/mol. The van der Waals surface area contributed by atoms with Crippen LogP contribution in [0, 0.1) is 25.7 Å². The number of fused-ring (bicyclic) bond motifs is 2. The van der Waals surface area contributed by atoms with Crippen LogP contribution in [0.1, 0.15) is 61.6 Å². The van der Waals surface area contributed by atoms with Crippen LogP contribution in [0.2, 0.25) is 0 Å². The van der Waals surface area contributed by atoms with E-state index in [9.17, 15) is 13.2 Å². The van der Waals surface area contributed by atoms with Gasteiger partial charge in [0.15, 0.2) is 5.82 Å². The highest BCUT2D eigenvalue weighted by Crippen LogP contribution is 2.48. The molecule has 1 aromatic carbocycles. The number of aryl methyl sites for hydroxylation is 2. The zero-order valence-corrected chi connectivity index (χ0v) is 20.0. The van der Waals surface area contributed by atoms with Crippen LogP contribution in [-0.2, 0) is 6.18 Å². The van der Waals surface area contributed by atoms with Crippen LogP contribution in [0.5, 0.6) is 11.8 Å². The minimum Gasteiger partial charge on any atom is -0.424 e. The highest BCUT2D eigenvalue weighted by atomic mass is 19.4. The summed E-state index contributed by atoms with van der Waals surface area (Å²) in [6.07, 6.45) is -2.59. The number of anilines is 1. The first kappa shape index (κ1) is 23.6. The number of halogens is 3. The van der Waals surface area contributed by atoms with Gasteiger partial charge in [0.2, 0.25) is 11.8 Å². The molecule has 3 aromatic rings. The van der Waals surface area contributed by atoms with E-state index in [-0.39, 0.29) is 41.7 Å². The van der Waals surface area contributed by atoms with Crippen molar-refractivity contribution in [2.75, 3.05) is 11.4 Å². The molecule has 0 amide bonds. The maximum absolute atomic E-state index is 13.3. The number of alkyl halides is 3. The molecular formula is C23H28F3N7O2. The fourth-order valence-corrected chi connectivity index (χ4v) is 5.18. The van der Waals surface area contributed by atoms with Crippen molar-refractivity contribution in [3.05, 3.63) is 41.0 Å². The second-order valence-electron chi connectivity index (χ2n) is 9.72. The van der Waals surface area contributed by atoms with E-state index < -0.39 is 11.7 Å². The normalized spacial score (nSPS) is 24.4. The number of piperidine rings is 1. The highest BCUT2D eigenvalue weighted by molar-refractivity contribution is 5.40. The van der Waals surface area contributed by atoms with Crippen molar-refractivity contribution in [2.45, 2.75) is 64.8 Å².